The first-order chi connectivity index (χ1) is 10.8. The third-order valence-corrected chi connectivity index (χ3v) is 3.90. The molecule has 0 bridgehead atoms. The Labute approximate surface area is 133 Å². The molecule has 0 amide bonds. The van der Waals surface area contributed by atoms with Crippen molar-refractivity contribution in [2.75, 3.05) is 37.0 Å². The van der Waals surface area contributed by atoms with Crippen LogP contribution in [-0.4, -0.2) is 26.7 Å². The summed E-state index contributed by atoms with van der Waals surface area (Å²) < 4.78 is 5.17. The van der Waals surface area contributed by atoms with E-state index in [4.69, 9.17) is 4.74 Å². The van der Waals surface area contributed by atoms with Gasteiger partial charge in [-0.15, -0.1) is 0 Å². The summed E-state index contributed by atoms with van der Waals surface area (Å²) in [6.45, 7) is 7.38. The fraction of sp³-hybridized carbons (Fsp3) is 0.368. The first-order valence-electron chi connectivity index (χ1n) is 7.98. The molecule has 0 aliphatic carbocycles. The fourth-order valence-corrected chi connectivity index (χ4v) is 2.52. The van der Waals surface area contributed by atoms with Crippen LogP contribution in [0.25, 0.3) is 0 Å². The van der Waals surface area contributed by atoms with Crippen LogP contribution in [0.5, 0.6) is 5.75 Å². The van der Waals surface area contributed by atoms with E-state index in [2.05, 4.69) is 60.5 Å². The van der Waals surface area contributed by atoms with Gasteiger partial charge in [-0.1, -0.05) is 12.1 Å². The molecule has 0 aliphatic rings. The Morgan fingerprint density at radius 3 is 2.09 bits per heavy atom. The second-order valence-corrected chi connectivity index (χ2v) is 5.24. The van der Waals surface area contributed by atoms with E-state index in [9.17, 15) is 0 Å². The predicted molar refractivity (Wildman–Crippen MR) is 95.2 cm³/mol. The Bertz CT molecular complexity index is 545. The largest absolute Gasteiger partial charge is 0.497 e. The first-order valence-corrected chi connectivity index (χ1v) is 7.98. The maximum Gasteiger partial charge on any atom is 0.118 e. The number of benzene rings is 2. The smallest absolute Gasteiger partial charge is 0.118 e. The van der Waals surface area contributed by atoms with Crippen molar-refractivity contribution in [1.29, 1.82) is 0 Å². The van der Waals surface area contributed by atoms with Crippen LogP contribution in [0, 0.1) is 0 Å². The zero-order valence-corrected chi connectivity index (χ0v) is 13.8. The number of nitrogens with zero attached hydrogens (tertiary/aromatic N) is 1. The van der Waals surface area contributed by atoms with E-state index in [0.29, 0.717) is 0 Å². The molecule has 2 aromatic rings. The maximum atomic E-state index is 5.17. The summed E-state index contributed by atoms with van der Waals surface area (Å²) in [6.07, 6.45) is 1.00. The SMILES string of the molecule is CCN(CC)c1ccc(NCCc2ccc(OC)cc2)cc1. The molecule has 3 heteroatoms. The summed E-state index contributed by atoms with van der Waals surface area (Å²) in [5.74, 6) is 0.906. The quantitative estimate of drug-likeness (QED) is 0.790. The summed E-state index contributed by atoms with van der Waals surface area (Å²) >= 11 is 0. The molecular weight excluding hydrogens is 272 g/mol. The van der Waals surface area contributed by atoms with Gasteiger partial charge in [-0.05, 0) is 62.2 Å². The van der Waals surface area contributed by atoms with Gasteiger partial charge in [-0.2, -0.15) is 0 Å². The average molecular weight is 298 g/mol. The van der Waals surface area contributed by atoms with Crippen molar-refractivity contribution in [3.63, 3.8) is 0 Å². The third-order valence-electron chi connectivity index (χ3n) is 3.90. The van der Waals surface area contributed by atoms with Crippen LogP contribution in [0.4, 0.5) is 11.4 Å². The lowest BCUT2D eigenvalue weighted by molar-refractivity contribution is 0.414. The van der Waals surface area contributed by atoms with Crippen LogP contribution in [0.3, 0.4) is 0 Å². The molecule has 0 atom stereocenters. The Kier molecular flexibility index (Phi) is 6.13. The Morgan fingerprint density at radius 2 is 1.55 bits per heavy atom. The molecule has 0 heterocycles. The van der Waals surface area contributed by atoms with Gasteiger partial charge < -0.3 is 15.0 Å². The number of hydrogen-bond donors (Lipinski definition) is 1. The molecule has 0 saturated heterocycles. The van der Waals surface area contributed by atoms with Gasteiger partial charge in [0.2, 0.25) is 0 Å². The Balaban J connectivity index is 1.83. The molecule has 0 aliphatic heterocycles. The topological polar surface area (TPSA) is 24.5 Å². The van der Waals surface area contributed by atoms with Gasteiger partial charge in [0.25, 0.3) is 0 Å². The minimum Gasteiger partial charge on any atom is -0.497 e. The van der Waals surface area contributed by atoms with Crippen molar-refractivity contribution in [2.45, 2.75) is 20.3 Å². The molecule has 1 N–H and O–H groups in total. The Morgan fingerprint density at radius 1 is 0.909 bits per heavy atom. The summed E-state index contributed by atoms with van der Waals surface area (Å²) in [5.41, 5.74) is 3.77. The normalized spacial score (nSPS) is 10.3. The summed E-state index contributed by atoms with van der Waals surface area (Å²) in [7, 11) is 1.69. The highest BCUT2D eigenvalue weighted by Crippen LogP contribution is 2.18. The van der Waals surface area contributed by atoms with E-state index in [0.717, 1.165) is 31.8 Å². The second-order valence-electron chi connectivity index (χ2n) is 5.24. The van der Waals surface area contributed by atoms with E-state index < -0.39 is 0 Å². The molecular formula is C19H26N2O. The maximum absolute atomic E-state index is 5.17. The van der Waals surface area contributed by atoms with Crippen LogP contribution < -0.4 is 15.0 Å². The van der Waals surface area contributed by atoms with Gasteiger partial charge in [-0.3, -0.25) is 0 Å². The molecule has 22 heavy (non-hydrogen) atoms. The third kappa shape index (κ3) is 4.42. The average Bonchev–Trinajstić information content (AvgIpc) is 2.58. The number of rotatable bonds is 8. The van der Waals surface area contributed by atoms with E-state index in [1.807, 2.05) is 12.1 Å². The molecule has 0 fully saturated rings. The van der Waals surface area contributed by atoms with E-state index in [1.54, 1.807) is 7.11 Å². The zero-order chi connectivity index (χ0) is 15.8. The Hall–Kier alpha value is -2.16. The van der Waals surface area contributed by atoms with Crippen molar-refractivity contribution < 1.29 is 4.74 Å². The molecule has 0 unspecified atom stereocenters. The minimum atomic E-state index is 0.906. The molecule has 2 rings (SSSR count). The van der Waals surface area contributed by atoms with E-state index in [1.165, 1.54) is 16.9 Å². The van der Waals surface area contributed by atoms with Gasteiger partial charge in [0.05, 0.1) is 7.11 Å². The van der Waals surface area contributed by atoms with Gasteiger partial charge in [-0.25, -0.2) is 0 Å². The van der Waals surface area contributed by atoms with Crippen molar-refractivity contribution in [1.82, 2.24) is 0 Å². The van der Waals surface area contributed by atoms with Crippen LogP contribution in [0.2, 0.25) is 0 Å². The van der Waals surface area contributed by atoms with Gasteiger partial charge >= 0.3 is 0 Å². The molecule has 118 valence electrons. The molecule has 0 saturated carbocycles. The van der Waals surface area contributed by atoms with Crippen LogP contribution in [0.15, 0.2) is 48.5 Å². The fourth-order valence-electron chi connectivity index (χ4n) is 2.52. The van der Waals surface area contributed by atoms with Crippen molar-refractivity contribution in [2.24, 2.45) is 0 Å². The predicted octanol–water partition coefficient (Wildman–Crippen LogP) is 4.20. The zero-order valence-electron chi connectivity index (χ0n) is 13.8. The summed E-state index contributed by atoms with van der Waals surface area (Å²) in [6, 6.07) is 16.9. The number of nitrogens with one attached hydrogen (secondary N) is 1. The van der Waals surface area contributed by atoms with Crippen molar-refractivity contribution in [3.8, 4) is 5.75 Å². The minimum absolute atomic E-state index is 0.906. The lowest BCUT2D eigenvalue weighted by atomic mass is 10.1. The lowest BCUT2D eigenvalue weighted by Crippen LogP contribution is -2.21. The molecule has 2 aromatic carbocycles. The first kappa shape index (κ1) is 16.2. The highest BCUT2D eigenvalue weighted by atomic mass is 16.5. The number of anilines is 2. The van der Waals surface area contributed by atoms with Crippen molar-refractivity contribution in [3.05, 3.63) is 54.1 Å². The van der Waals surface area contributed by atoms with Crippen LogP contribution >= 0.6 is 0 Å². The van der Waals surface area contributed by atoms with E-state index in [-0.39, 0.29) is 0 Å². The summed E-state index contributed by atoms with van der Waals surface area (Å²) in [5, 5.41) is 3.47. The highest BCUT2D eigenvalue weighted by molar-refractivity contribution is 5.55. The monoisotopic (exact) mass is 298 g/mol. The van der Waals surface area contributed by atoms with Gasteiger partial charge in [0, 0.05) is 31.0 Å². The standard InChI is InChI=1S/C19H26N2O/c1-4-21(5-2)18-10-8-17(9-11-18)20-15-14-16-6-12-19(22-3)13-7-16/h6-13,20H,4-5,14-15H2,1-3H3. The van der Waals surface area contributed by atoms with Crippen LogP contribution in [-0.2, 0) is 6.42 Å². The molecule has 3 nitrogen and oxygen atoms in total. The van der Waals surface area contributed by atoms with Crippen molar-refractivity contribution >= 4 is 11.4 Å². The second kappa shape index (κ2) is 8.32. The van der Waals surface area contributed by atoms with E-state index >= 15 is 0 Å². The van der Waals surface area contributed by atoms with Gasteiger partial charge in [0.15, 0.2) is 0 Å². The molecule has 0 spiro atoms. The highest BCUT2D eigenvalue weighted by Gasteiger charge is 2.01. The number of methoxy groups -OCH3 is 1. The summed E-state index contributed by atoms with van der Waals surface area (Å²) in [4.78, 5) is 2.35. The van der Waals surface area contributed by atoms with Gasteiger partial charge in [0.1, 0.15) is 5.75 Å². The number of ether oxygens (including phenoxy) is 1. The number of hydrogen-bond acceptors (Lipinski definition) is 3. The molecule has 0 radical (unpaired) electrons. The molecule has 0 aromatic heterocycles. The van der Waals surface area contributed by atoms with Crippen LogP contribution in [0.1, 0.15) is 19.4 Å². The lowest BCUT2D eigenvalue weighted by Gasteiger charge is -2.21.